The smallest absolute Gasteiger partial charge is 0.240 e. The molecule has 0 saturated carbocycles. The SMILES string of the molecule is COc1ccc(-n2nc(-c3ccccc3)c3c2N(CC(=O)NC[C@H]2CCCO2)C(=O)CS[C@@H]3c2ccccc2Cl)cc1. The highest BCUT2D eigenvalue weighted by Crippen LogP contribution is 2.49. The third kappa shape index (κ3) is 5.77. The highest BCUT2D eigenvalue weighted by molar-refractivity contribution is 8.00. The fourth-order valence-corrected chi connectivity index (χ4v) is 6.94. The number of nitrogens with zero attached hydrogens (tertiary/aromatic N) is 3. The van der Waals surface area contributed by atoms with Crippen LogP contribution in [0.1, 0.15) is 29.2 Å². The van der Waals surface area contributed by atoms with E-state index in [0.29, 0.717) is 29.7 Å². The molecule has 1 saturated heterocycles. The minimum Gasteiger partial charge on any atom is -0.497 e. The summed E-state index contributed by atoms with van der Waals surface area (Å²) in [5, 5.41) is 8.38. The lowest BCUT2D eigenvalue weighted by Gasteiger charge is -2.24. The summed E-state index contributed by atoms with van der Waals surface area (Å²) in [7, 11) is 1.61. The van der Waals surface area contributed by atoms with Crippen molar-refractivity contribution in [3.63, 3.8) is 0 Å². The molecule has 10 heteroatoms. The normalized spacial score (nSPS) is 18.4. The lowest BCUT2D eigenvalue weighted by molar-refractivity contribution is -0.123. The Balaban J connectivity index is 1.52. The molecule has 0 aliphatic carbocycles. The predicted molar refractivity (Wildman–Crippen MR) is 166 cm³/mol. The second-order valence-corrected chi connectivity index (χ2v) is 11.7. The minimum absolute atomic E-state index is 0.000912. The molecule has 1 N–H and O–H groups in total. The van der Waals surface area contributed by atoms with Crippen LogP contribution in [0.4, 0.5) is 5.82 Å². The summed E-state index contributed by atoms with van der Waals surface area (Å²) in [5.41, 5.74) is 4.06. The van der Waals surface area contributed by atoms with Crippen LogP contribution in [0.2, 0.25) is 5.02 Å². The van der Waals surface area contributed by atoms with Crippen molar-refractivity contribution in [2.75, 3.05) is 37.5 Å². The van der Waals surface area contributed by atoms with Gasteiger partial charge in [0.2, 0.25) is 11.8 Å². The fourth-order valence-electron chi connectivity index (χ4n) is 5.40. The molecule has 3 heterocycles. The monoisotopic (exact) mass is 602 g/mol. The summed E-state index contributed by atoms with van der Waals surface area (Å²) in [4.78, 5) is 28.7. The van der Waals surface area contributed by atoms with Crippen LogP contribution < -0.4 is 15.0 Å². The van der Waals surface area contributed by atoms with Crippen molar-refractivity contribution < 1.29 is 19.1 Å². The van der Waals surface area contributed by atoms with Gasteiger partial charge >= 0.3 is 0 Å². The number of anilines is 1. The van der Waals surface area contributed by atoms with Crippen LogP contribution in [0.25, 0.3) is 16.9 Å². The number of benzene rings is 3. The lowest BCUT2D eigenvalue weighted by Crippen LogP contribution is -2.44. The van der Waals surface area contributed by atoms with Crippen molar-refractivity contribution in [3.8, 4) is 22.7 Å². The number of halogens is 1. The first kappa shape index (κ1) is 28.3. The average Bonchev–Trinajstić information content (AvgIpc) is 3.66. The molecule has 0 spiro atoms. The van der Waals surface area contributed by atoms with Gasteiger partial charge in [-0.3, -0.25) is 14.5 Å². The first-order valence-electron chi connectivity index (χ1n) is 13.9. The number of carbonyl (C=O) groups is 2. The molecule has 1 fully saturated rings. The molecule has 2 aliphatic heterocycles. The number of hydrogen-bond donors (Lipinski definition) is 1. The van der Waals surface area contributed by atoms with Gasteiger partial charge in [-0.05, 0) is 48.7 Å². The van der Waals surface area contributed by atoms with Gasteiger partial charge in [-0.15, -0.1) is 11.8 Å². The van der Waals surface area contributed by atoms with Crippen LogP contribution in [-0.2, 0) is 14.3 Å². The van der Waals surface area contributed by atoms with E-state index >= 15 is 0 Å². The predicted octanol–water partition coefficient (Wildman–Crippen LogP) is 5.67. The summed E-state index contributed by atoms with van der Waals surface area (Å²) < 4.78 is 12.8. The van der Waals surface area contributed by atoms with Crippen LogP contribution in [0, 0.1) is 0 Å². The van der Waals surface area contributed by atoms with E-state index in [0.717, 1.165) is 40.9 Å². The van der Waals surface area contributed by atoms with Gasteiger partial charge in [-0.2, -0.15) is 5.10 Å². The van der Waals surface area contributed by atoms with E-state index < -0.39 is 0 Å². The van der Waals surface area contributed by atoms with E-state index in [9.17, 15) is 9.59 Å². The topological polar surface area (TPSA) is 85.7 Å². The molecule has 0 radical (unpaired) electrons. The number of ether oxygens (including phenoxy) is 2. The first-order chi connectivity index (χ1) is 20.5. The van der Waals surface area contributed by atoms with Gasteiger partial charge in [-0.25, -0.2) is 4.68 Å². The van der Waals surface area contributed by atoms with Crippen LogP contribution in [-0.4, -0.2) is 60.3 Å². The number of amides is 2. The second-order valence-electron chi connectivity index (χ2n) is 10.2. The molecule has 2 atom stereocenters. The second kappa shape index (κ2) is 12.6. The summed E-state index contributed by atoms with van der Waals surface area (Å²) in [6, 6.07) is 25.0. The van der Waals surface area contributed by atoms with E-state index in [-0.39, 0.29) is 35.5 Å². The van der Waals surface area contributed by atoms with E-state index in [2.05, 4.69) is 5.32 Å². The van der Waals surface area contributed by atoms with E-state index in [1.807, 2.05) is 78.9 Å². The van der Waals surface area contributed by atoms with Crippen molar-refractivity contribution in [2.24, 2.45) is 0 Å². The van der Waals surface area contributed by atoms with Crippen molar-refractivity contribution in [3.05, 3.63) is 95.0 Å². The van der Waals surface area contributed by atoms with E-state index in [1.54, 1.807) is 16.7 Å². The zero-order valence-electron chi connectivity index (χ0n) is 23.2. The quantitative estimate of drug-likeness (QED) is 0.280. The zero-order valence-corrected chi connectivity index (χ0v) is 24.7. The number of methoxy groups -OCH3 is 1. The summed E-state index contributed by atoms with van der Waals surface area (Å²) in [6.07, 6.45) is 1.89. The van der Waals surface area contributed by atoms with Crippen molar-refractivity contribution >= 4 is 41.0 Å². The first-order valence-corrected chi connectivity index (χ1v) is 15.3. The maximum atomic E-state index is 13.9. The molecular formula is C32H31ClN4O4S. The molecule has 0 unspecified atom stereocenters. The Bertz CT molecular complexity index is 1570. The largest absolute Gasteiger partial charge is 0.497 e. The molecule has 3 aromatic carbocycles. The molecule has 2 aliphatic rings. The van der Waals surface area contributed by atoms with Gasteiger partial charge in [0, 0.05) is 29.3 Å². The maximum Gasteiger partial charge on any atom is 0.240 e. The minimum atomic E-state index is -0.306. The van der Waals surface area contributed by atoms with Crippen LogP contribution in [0.3, 0.4) is 0 Å². The Kier molecular flexibility index (Phi) is 8.51. The molecule has 216 valence electrons. The molecule has 2 amide bonds. The van der Waals surface area contributed by atoms with Crippen molar-refractivity contribution in [1.29, 1.82) is 0 Å². The number of rotatable bonds is 8. The number of carbonyl (C=O) groups excluding carboxylic acids is 2. The Labute approximate surface area is 253 Å². The number of fused-ring (bicyclic) bond motifs is 1. The highest BCUT2D eigenvalue weighted by Gasteiger charge is 2.38. The Morgan fingerprint density at radius 3 is 2.57 bits per heavy atom. The van der Waals surface area contributed by atoms with E-state index in [1.165, 1.54) is 11.8 Å². The molecule has 42 heavy (non-hydrogen) atoms. The number of nitrogens with one attached hydrogen (secondary N) is 1. The van der Waals surface area contributed by atoms with Gasteiger partial charge in [0.25, 0.3) is 0 Å². The zero-order chi connectivity index (χ0) is 29.1. The molecule has 8 nitrogen and oxygen atoms in total. The van der Waals surface area contributed by atoms with Gasteiger partial charge in [-0.1, -0.05) is 60.1 Å². The summed E-state index contributed by atoms with van der Waals surface area (Å²) >= 11 is 8.25. The molecule has 0 bridgehead atoms. The standard InChI is InChI=1S/C32H31ClN4O4S/c1-40-23-15-13-22(14-16-23)37-32-29(30(35-37)21-8-3-2-4-9-21)31(25-11-5-6-12-26(25)33)42-20-28(39)36(32)19-27(38)34-18-24-10-7-17-41-24/h2-6,8-9,11-16,24,31H,7,10,17-20H2,1H3,(H,34,38)/t24-,31-/m1/s1. The average molecular weight is 603 g/mol. The molecule has 1 aromatic heterocycles. The molecule has 4 aromatic rings. The third-order valence-corrected chi connectivity index (χ3v) is 9.07. The van der Waals surface area contributed by atoms with Crippen LogP contribution in [0.15, 0.2) is 78.9 Å². The number of hydrogen-bond acceptors (Lipinski definition) is 6. The molecule has 6 rings (SSSR count). The van der Waals surface area contributed by atoms with Gasteiger partial charge in [0.05, 0.1) is 35.6 Å². The number of thioether (sulfide) groups is 1. The van der Waals surface area contributed by atoms with E-state index in [4.69, 9.17) is 26.2 Å². The van der Waals surface area contributed by atoms with Crippen molar-refractivity contribution in [1.82, 2.24) is 15.1 Å². The summed E-state index contributed by atoms with van der Waals surface area (Å²) in [5.74, 6) is 0.977. The Morgan fingerprint density at radius 1 is 1.10 bits per heavy atom. The van der Waals surface area contributed by atoms with Crippen LogP contribution >= 0.6 is 23.4 Å². The maximum absolute atomic E-state index is 13.9. The van der Waals surface area contributed by atoms with Gasteiger partial charge < -0.3 is 14.8 Å². The third-order valence-electron chi connectivity index (χ3n) is 7.49. The highest BCUT2D eigenvalue weighted by atomic mass is 35.5. The van der Waals surface area contributed by atoms with Crippen molar-refractivity contribution in [2.45, 2.75) is 24.2 Å². The Hall–Kier alpha value is -3.79. The molecular weight excluding hydrogens is 572 g/mol. The number of aromatic nitrogens is 2. The fraction of sp³-hybridized carbons (Fsp3) is 0.281. The lowest BCUT2D eigenvalue weighted by atomic mass is 9.99. The van der Waals surface area contributed by atoms with Gasteiger partial charge in [0.15, 0.2) is 0 Å². The summed E-state index contributed by atoms with van der Waals surface area (Å²) in [6.45, 7) is 0.973. The van der Waals surface area contributed by atoms with Gasteiger partial charge in [0.1, 0.15) is 18.1 Å². The van der Waals surface area contributed by atoms with Crippen LogP contribution in [0.5, 0.6) is 5.75 Å². The Morgan fingerprint density at radius 2 is 1.86 bits per heavy atom.